The van der Waals surface area contributed by atoms with Gasteiger partial charge in [-0.3, -0.25) is 4.79 Å². The summed E-state index contributed by atoms with van der Waals surface area (Å²) in [4.78, 5) is 11.6. The Morgan fingerprint density at radius 3 is 2.61 bits per heavy atom. The van der Waals surface area contributed by atoms with Crippen LogP contribution in [0, 0.1) is 13.8 Å². The van der Waals surface area contributed by atoms with Crippen LogP contribution < -0.4 is 5.32 Å². The molecular formula is C14H21NO3. The van der Waals surface area contributed by atoms with Gasteiger partial charge in [0.2, 0.25) is 5.91 Å². The quantitative estimate of drug-likeness (QED) is 0.756. The van der Waals surface area contributed by atoms with Crippen molar-refractivity contribution >= 4 is 11.6 Å². The second kappa shape index (κ2) is 7.84. The number of benzene rings is 1. The fourth-order valence-corrected chi connectivity index (χ4v) is 1.57. The molecule has 1 aromatic carbocycles. The molecule has 1 rings (SSSR count). The molecule has 0 aliphatic rings. The molecule has 1 aromatic rings. The summed E-state index contributed by atoms with van der Waals surface area (Å²) < 4.78 is 10.3. The summed E-state index contributed by atoms with van der Waals surface area (Å²) in [6, 6.07) is 5.91. The summed E-state index contributed by atoms with van der Waals surface area (Å²) in [5.41, 5.74) is 3.06. The number of anilines is 1. The Kier molecular flexibility index (Phi) is 6.39. The van der Waals surface area contributed by atoms with Crippen molar-refractivity contribution in [3.8, 4) is 0 Å². The van der Waals surface area contributed by atoms with Crippen molar-refractivity contribution in [1.82, 2.24) is 0 Å². The third-order valence-corrected chi connectivity index (χ3v) is 2.47. The van der Waals surface area contributed by atoms with E-state index in [-0.39, 0.29) is 12.5 Å². The van der Waals surface area contributed by atoms with Gasteiger partial charge in [-0.2, -0.15) is 0 Å². The highest BCUT2D eigenvalue weighted by molar-refractivity contribution is 5.92. The third-order valence-electron chi connectivity index (χ3n) is 2.47. The number of rotatable bonds is 7. The number of carbonyl (C=O) groups excluding carboxylic acids is 1. The molecule has 0 aliphatic heterocycles. The maximum absolute atomic E-state index is 11.6. The molecule has 0 saturated heterocycles. The highest BCUT2D eigenvalue weighted by Gasteiger charge is 2.04. The van der Waals surface area contributed by atoms with E-state index in [0.717, 1.165) is 11.3 Å². The Morgan fingerprint density at radius 1 is 1.22 bits per heavy atom. The normalized spacial score (nSPS) is 10.4. The van der Waals surface area contributed by atoms with Gasteiger partial charge in [-0.05, 0) is 32.4 Å². The van der Waals surface area contributed by atoms with Crippen LogP contribution in [0.15, 0.2) is 18.2 Å². The van der Waals surface area contributed by atoms with Gasteiger partial charge in [-0.15, -0.1) is 0 Å². The fourth-order valence-electron chi connectivity index (χ4n) is 1.57. The van der Waals surface area contributed by atoms with E-state index in [4.69, 9.17) is 9.47 Å². The lowest BCUT2D eigenvalue weighted by molar-refractivity contribution is -0.121. The summed E-state index contributed by atoms with van der Waals surface area (Å²) in [5.74, 6) is -0.140. The minimum Gasteiger partial charge on any atom is -0.379 e. The number of nitrogens with one attached hydrogen (secondary N) is 1. The Hall–Kier alpha value is -1.39. The van der Waals surface area contributed by atoms with Crippen molar-refractivity contribution in [1.29, 1.82) is 0 Å². The molecule has 4 nitrogen and oxygen atoms in total. The van der Waals surface area contributed by atoms with Gasteiger partial charge in [-0.1, -0.05) is 17.7 Å². The van der Waals surface area contributed by atoms with Crippen LogP contribution in [0.1, 0.15) is 18.1 Å². The van der Waals surface area contributed by atoms with Crippen LogP contribution in [0.25, 0.3) is 0 Å². The number of aryl methyl sites for hydroxylation is 2. The standard InChI is InChI=1S/C14H21NO3/c1-4-17-7-8-18-10-14(16)15-13-6-5-11(2)9-12(13)3/h5-6,9H,4,7-8,10H2,1-3H3,(H,15,16). The second-order valence-electron chi connectivity index (χ2n) is 4.12. The first-order valence-electron chi connectivity index (χ1n) is 6.16. The van der Waals surface area contributed by atoms with E-state index in [1.807, 2.05) is 39.0 Å². The fraction of sp³-hybridized carbons (Fsp3) is 0.500. The van der Waals surface area contributed by atoms with Crippen molar-refractivity contribution in [2.75, 3.05) is 31.7 Å². The molecular weight excluding hydrogens is 230 g/mol. The van der Waals surface area contributed by atoms with Crippen molar-refractivity contribution < 1.29 is 14.3 Å². The van der Waals surface area contributed by atoms with Crippen LogP contribution in [-0.4, -0.2) is 32.3 Å². The Labute approximate surface area is 108 Å². The van der Waals surface area contributed by atoms with E-state index in [0.29, 0.717) is 19.8 Å². The summed E-state index contributed by atoms with van der Waals surface area (Å²) in [7, 11) is 0. The lowest BCUT2D eigenvalue weighted by atomic mass is 10.1. The minimum atomic E-state index is -0.140. The molecule has 0 radical (unpaired) electrons. The first-order chi connectivity index (χ1) is 8.63. The first-order valence-corrected chi connectivity index (χ1v) is 6.16. The molecule has 0 spiro atoms. The number of carbonyl (C=O) groups is 1. The van der Waals surface area contributed by atoms with Crippen LogP contribution >= 0.6 is 0 Å². The number of amides is 1. The number of ether oxygens (including phenoxy) is 2. The first kappa shape index (κ1) is 14.7. The minimum absolute atomic E-state index is 0.0559. The van der Waals surface area contributed by atoms with Crippen LogP contribution in [0.3, 0.4) is 0 Å². The molecule has 0 heterocycles. The summed E-state index contributed by atoms with van der Waals surface area (Å²) >= 11 is 0. The van der Waals surface area contributed by atoms with Gasteiger partial charge in [0, 0.05) is 12.3 Å². The highest BCUT2D eigenvalue weighted by atomic mass is 16.5. The maximum atomic E-state index is 11.6. The molecule has 0 atom stereocenters. The zero-order valence-corrected chi connectivity index (χ0v) is 11.3. The number of hydrogen-bond donors (Lipinski definition) is 1. The van der Waals surface area contributed by atoms with Crippen molar-refractivity contribution in [2.24, 2.45) is 0 Å². The molecule has 1 N–H and O–H groups in total. The third kappa shape index (κ3) is 5.29. The van der Waals surface area contributed by atoms with Crippen molar-refractivity contribution in [3.63, 3.8) is 0 Å². The molecule has 4 heteroatoms. The van der Waals surface area contributed by atoms with Gasteiger partial charge in [-0.25, -0.2) is 0 Å². The highest BCUT2D eigenvalue weighted by Crippen LogP contribution is 2.15. The average molecular weight is 251 g/mol. The van der Waals surface area contributed by atoms with Gasteiger partial charge in [0.05, 0.1) is 13.2 Å². The Balaban J connectivity index is 2.31. The van der Waals surface area contributed by atoms with Gasteiger partial charge in [0.25, 0.3) is 0 Å². The number of hydrogen-bond acceptors (Lipinski definition) is 3. The van der Waals surface area contributed by atoms with Crippen LogP contribution in [0.5, 0.6) is 0 Å². The summed E-state index contributed by atoms with van der Waals surface area (Å²) in [6.07, 6.45) is 0. The average Bonchev–Trinajstić information content (AvgIpc) is 2.32. The van der Waals surface area contributed by atoms with Crippen LogP contribution in [0.2, 0.25) is 0 Å². The SMILES string of the molecule is CCOCCOCC(=O)Nc1ccc(C)cc1C. The van der Waals surface area contributed by atoms with Crippen molar-refractivity contribution in [2.45, 2.75) is 20.8 Å². The van der Waals surface area contributed by atoms with Crippen LogP contribution in [0.4, 0.5) is 5.69 Å². The van der Waals surface area contributed by atoms with Gasteiger partial charge in [0.1, 0.15) is 6.61 Å². The maximum Gasteiger partial charge on any atom is 0.250 e. The van der Waals surface area contributed by atoms with E-state index in [2.05, 4.69) is 5.32 Å². The Bertz CT molecular complexity index is 391. The molecule has 1 amide bonds. The predicted octanol–water partition coefficient (Wildman–Crippen LogP) is 2.30. The zero-order valence-electron chi connectivity index (χ0n) is 11.3. The van der Waals surface area contributed by atoms with Crippen molar-refractivity contribution in [3.05, 3.63) is 29.3 Å². The van der Waals surface area contributed by atoms with E-state index < -0.39 is 0 Å². The molecule has 100 valence electrons. The molecule has 0 saturated carbocycles. The van der Waals surface area contributed by atoms with Gasteiger partial charge >= 0.3 is 0 Å². The van der Waals surface area contributed by atoms with Gasteiger partial charge in [0.15, 0.2) is 0 Å². The lowest BCUT2D eigenvalue weighted by Crippen LogP contribution is -2.20. The molecule has 0 bridgehead atoms. The Morgan fingerprint density at radius 2 is 1.94 bits per heavy atom. The topological polar surface area (TPSA) is 47.6 Å². The largest absolute Gasteiger partial charge is 0.379 e. The lowest BCUT2D eigenvalue weighted by Gasteiger charge is -2.09. The predicted molar refractivity (Wildman–Crippen MR) is 71.9 cm³/mol. The van der Waals surface area contributed by atoms with E-state index in [1.165, 1.54) is 5.56 Å². The summed E-state index contributed by atoms with van der Waals surface area (Å²) in [6.45, 7) is 7.60. The monoisotopic (exact) mass is 251 g/mol. The van der Waals surface area contributed by atoms with Gasteiger partial charge < -0.3 is 14.8 Å². The van der Waals surface area contributed by atoms with E-state index >= 15 is 0 Å². The summed E-state index contributed by atoms with van der Waals surface area (Å²) in [5, 5.41) is 2.82. The molecule has 18 heavy (non-hydrogen) atoms. The second-order valence-corrected chi connectivity index (χ2v) is 4.12. The molecule has 0 fully saturated rings. The van der Waals surface area contributed by atoms with E-state index in [1.54, 1.807) is 0 Å². The molecule has 0 aliphatic carbocycles. The zero-order chi connectivity index (χ0) is 13.4. The smallest absolute Gasteiger partial charge is 0.250 e. The van der Waals surface area contributed by atoms with Crippen LogP contribution in [-0.2, 0) is 14.3 Å². The molecule has 0 aromatic heterocycles. The van der Waals surface area contributed by atoms with E-state index in [9.17, 15) is 4.79 Å². The molecule has 0 unspecified atom stereocenters.